The van der Waals surface area contributed by atoms with Gasteiger partial charge in [0.15, 0.2) is 0 Å². The number of sulfonamides is 1. The Hall–Kier alpha value is -2.95. The molecule has 170 valence electrons. The van der Waals surface area contributed by atoms with Crippen molar-refractivity contribution in [3.05, 3.63) is 54.4 Å². The van der Waals surface area contributed by atoms with E-state index in [1.807, 2.05) is 0 Å². The molecule has 11 heteroatoms. The summed E-state index contributed by atoms with van der Waals surface area (Å²) >= 11 is 0. The van der Waals surface area contributed by atoms with Gasteiger partial charge in [-0.15, -0.1) is 0 Å². The van der Waals surface area contributed by atoms with E-state index in [1.165, 1.54) is 18.3 Å². The van der Waals surface area contributed by atoms with Gasteiger partial charge in [0.25, 0.3) is 5.88 Å². The maximum absolute atomic E-state index is 13.8. The number of para-hydroxylation sites is 2. The number of fused-ring (bicyclic) bond motifs is 1. The molecule has 4 rings (SSSR count). The van der Waals surface area contributed by atoms with E-state index in [4.69, 9.17) is 4.74 Å². The van der Waals surface area contributed by atoms with Crippen LogP contribution in [0.2, 0.25) is 0 Å². The normalized spacial score (nSPS) is 16.6. The van der Waals surface area contributed by atoms with Crippen molar-refractivity contribution in [2.75, 3.05) is 4.72 Å². The Morgan fingerprint density at radius 2 is 1.69 bits per heavy atom. The first kappa shape index (κ1) is 22.3. The molecule has 1 aromatic carbocycles. The lowest BCUT2D eigenvalue weighted by Crippen LogP contribution is -2.31. The van der Waals surface area contributed by atoms with Crippen LogP contribution in [-0.2, 0) is 10.0 Å². The molecule has 0 bridgehead atoms. The first-order valence-electron chi connectivity index (χ1n) is 10.2. The van der Waals surface area contributed by atoms with Crippen LogP contribution in [0.15, 0.2) is 48.8 Å². The number of nitrogens with zero attached hydrogens (tertiary/aromatic N) is 3. The molecule has 0 spiro atoms. The highest BCUT2D eigenvalue weighted by Gasteiger charge is 2.44. The highest BCUT2D eigenvalue weighted by atomic mass is 32.2. The van der Waals surface area contributed by atoms with E-state index in [-0.39, 0.29) is 16.9 Å². The molecule has 32 heavy (non-hydrogen) atoms. The predicted octanol–water partition coefficient (Wildman–Crippen LogP) is 4.78. The maximum Gasteiger partial charge on any atom is 0.429 e. The van der Waals surface area contributed by atoms with E-state index in [9.17, 15) is 21.6 Å². The third-order valence-electron chi connectivity index (χ3n) is 5.28. The first-order chi connectivity index (χ1) is 15.2. The first-order valence-corrected chi connectivity index (χ1v) is 11.7. The molecule has 1 atom stereocenters. The van der Waals surface area contributed by atoms with Crippen molar-refractivity contribution in [1.29, 1.82) is 0 Å². The highest BCUT2D eigenvalue weighted by molar-refractivity contribution is 7.93. The van der Waals surface area contributed by atoms with Crippen molar-refractivity contribution < 1.29 is 26.3 Å². The number of aromatic nitrogens is 3. The average Bonchev–Trinajstić information content (AvgIpc) is 2.77. The fraction of sp³-hybridized carbons (Fsp3) is 0.381. The van der Waals surface area contributed by atoms with Gasteiger partial charge in [-0.05, 0) is 31.0 Å². The van der Waals surface area contributed by atoms with E-state index >= 15 is 0 Å². The molecule has 1 unspecified atom stereocenters. The minimum Gasteiger partial charge on any atom is -0.457 e. The van der Waals surface area contributed by atoms with Crippen LogP contribution in [0.5, 0.6) is 5.88 Å². The van der Waals surface area contributed by atoms with Gasteiger partial charge < -0.3 is 4.74 Å². The summed E-state index contributed by atoms with van der Waals surface area (Å²) in [7, 11) is -3.89. The van der Waals surface area contributed by atoms with Crippen molar-refractivity contribution in [2.45, 2.75) is 49.6 Å². The second kappa shape index (κ2) is 8.89. The molecule has 0 radical (unpaired) electrons. The monoisotopic (exact) mass is 466 g/mol. The van der Waals surface area contributed by atoms with E-state index in [0.29, 0.717) is 18.4 Å². The summed E-state index contributed by atoms with van der Waals surface area (Å²) in [6.07, 6.45) is -1.35. The number of anilines is 1. The number of alkyl halides is 3. The Morgan fingerprint density at radius 3 is 2.31 bits per heavy atom. The minimum absolute atomic E-state index is 0.240. The fourth-order valence-electron chi connectivity index (χ4n) is 3.69. The number of hydrogen-bond donors (Lipinski definition) is 1. The Kier molecular flexibility index (Phi) is 6.18. The van der Waals surface area contributed by atoms with Crippen LogP contribution in [0.25, 0.3) is 11.0 Å². The van der Waals surface area contributed by atoms with Crippen LogP contribution in [0.4, 0.5) is 19.0 Å². The predicted molar refractivity (Wildman–Crippen MR) is 113 cm³/mol. The molecule has 2 aromatic heterocycles. The van der Waals surface area contributed by atoms with Gasteiger partial charge in [0, 0.05) is 18.0 Å². The summed E-state index contributed by atoms with van der Waals surface area (Å²) in [6, 6.07) is 9.05. The van der Waals surface area contributed by atoms with Crippen LogP contribution in [-0.4, -0.2) is 34.8 Å². The molecule has 1 fully saturated rings. The third kappa shape index (κ3) is 4.93. The third-order valence-corrected chi connectivity index (χ3v) is 7.11. The van der Waals surface area contributed by atoms with E-state index in [0.717, 1.165) is 25.5 Å². The molecule has 7 nitrogen and oxygen atoms in total. The molecule has 3 aromatic rings. The molecule has 1 aliphatic carbocycles. The maximum atomic E-state index is 13.8. The van der Waals surface area contributed by atoms with Crippen LogP contribution >= 0.6 is 0 Å². The van der Waals surface area contributed by atoms with Crippen molar-refractivity contribution >= 4 is 26.9 Å². The topological polar surface area (TPSA) is 94.1 Å². The van der Waals surface area contributed by atoms with Crippen LogP contribution < -0.4 is 9.46 Å². The van der Waals surface area contributed by atoms with Gasteiger partial charge in [-0.3, -0.25) is 9.71 Å². The number of rotatable bonds is 6. The van der Waals surface area contributed by atoms with Crippen molar-refractivity contribution in [3.8, 4) is 5.88 Å². The summed E-state index contributed by atoms with van der Waals surface area (Å²) in [6.45, 7) is 0. The Balaban J connectivity index is 1.75. The molecule has 0 saturated heterocycles. The summed E-state index contributed by atoms with van der Waals surface area (Å²) < 4.78 is 75.0. The van der Waals surface area contributed by atoms with Crippen LogP contribution in [0, 0.1) is 0 Å². The Labute approximate surface area is 183 Å². The zero-order valence-electron chi connectivity index (χ0n) is 16.9. The van der Waals surface area contributed by atoms with Gasteiger partial charge in [0.1, 0.15) is 0 Å². The number of nitrogens with one attached hydrogen (secondary N) is 1. The summed E-state index contributed by atoms with van der Waals surface area (Å²) in [5.41, 5.74) is 0.359. The lowest BCUT2D eigenvalue weighted by molar-refractivity contribution is -0.198. The highest BCUT2D eigenvalue weighted by Crippen LogP contribution is 2.38. The summed E-state index contributed by atoms with van der Waals surface area (Å²) in [4.78, 5) is 12.1. The largest absolute Gasteiger partial charge is 0.457 e. The van der Waals surface area contributed by atoms with Gasteiger partial charge in [0.05, 0.1) is 16.3 Å². The fourth-order valence-corrected chi connectivity index (χ4v) is 5.22. The zero-order valence-corrected chi connectivity index (χ0v) is 17.7. The molecule has 0 aliphatic heterocycles. The van der Waals surface area contributed by atoms with E-state index in [2.05, 4.69) is 19.7 Å². The average molecular weight is 466 g/mol. The lowest BCUT2D eigenvalue weighted by atomic mass is 10.0. The van der Waals surface area contributed by atoms with Gasteiger partial charge in [-0.25, -0.2) is 18.4 Å². The number of hydrogen-bond acceptors (Lipinski definition) is 6. The Morgan fingerprint density at radius 1 is 1.00 bits per heavy atom. The second-order valence-electron chi connectivity index (χ2n) is 7.60. The van der Waals surface area contributed by atoms with Gasteiger partial charge in [0.2, 0.25) is 21.9 Å². The quantitative estimate of drug-likeness (QED) is 0.562. The SMILES string of the molecule is O=S(=O)(Nc1nc2ccccc2nc1OC(c1cccnc1)C(F)(F)F)C1CCCCC1. The number of halogens is 3. The van der Waals surface area contributed by atoms with Gasteiger partial charge in [-0.2, -0.15) is 13.2 Å². The Bertz CT molecular complexity index is 1180. The molecule has 2 heterocycles. The zero-order chi connectivity index (χ0) is 22.8. The summed E-state index contributed by atoms with van der Waals surface area (Å²) in [5, 5.41) is -0.644. The molecule has 0 amide bonds. The van der Waals surface area contributed by atoms with Crippen molar-refractivity contribution in [2.24, 2.45) is 0 Å². The van der Waals surface area contributed by atoms with Gasteiger partial charge in [-0.1, -0.05) is 37.5 Å². The van der Waals surface area contributed by atoms with Gasteiger partial charge >= 0.3 is 6.18 Å². The van der Waals surface area contributed by atoms with Crippen molar-refractivity contribution in [1.82, 2.24) is 15.0 Å². The number of ether oxygens (including phenoxy) is 1. The molecular weight excluding hydrogens is 445 g/mol. The van der Waals surface area contributed by atoms with E-state index in [1.54, 1.807) is 24.3 Å². The van der Waals surface area contributed by atoms with Crippen LogP contribution in [0.3, 0.4) is 0 Å². The molecule has 1 N–H and O–H groups in total. The molecular formula is C21H21F3N4O3S. The summed E-state index contributed by atoms with van der Waals surface area (Å²) in [5.74, 6) is -0.915. The standard InChI is InChI=1S/C21H21F3N4O3S/c22-21(23,24)18(14-7-6-12-25-13-14)31-20-19(26-16-10-4-5-11-17(16)27-20)28-32(29,30)15-8-2-1-3-9-15/h4-7,10-13,15,18H,1-3,8-9H2,(H,26,28). The lowest BCUT2D eigenvalue weighted by Gasteiger charge is -2.24. The van der Waals surface area contributed by atoms with Crippen LogP contribution in [0.1, 0.15) is 43.8 Å². The molecule has 1 aliphatic rings. The van der Waals surface area contributed by atoms with Crippen molar-refractivity contribution in [3.63, 3.8) is 0 Å². The number of benzene rings is 1. The second-order valence-corrected chi connectivity index (χ2v) is 9.56. The minimum atomic E-state index is -4.80. The number of pyridine rings is 1. The molecule has 1 saturated carbocycles. The van der Waals surface area contributed by atoms with E-state index < -0.39 is 33.4 Å². The smallest absolute Gasteiger partial charge is 0.429 e.